The molecule has 0 fully saturated rings. The number of nitrogens with zero attached hydrogens (tertiary/aromatic N) is 4. The quantitative estimate of drug-likeness (QED) is 0.813. The van der Waals surface area contributed by atoms with Crippen molar-refractivity contribution in [2.24, 2.45) is 5.14 Å². The third-order valence-electron chi connectivity index (χ3n) is 2.80. The second-order valence-corrected chi connectivity index (χ2v) is 6.74. The predicted molar refractivity (Wildman–Crippen MR) is 84.8 cm³/mol. The molecule has 0 aliphatic rings. The van der Waals surface area contributed by atoms with Crippen molar-refractivity contribution in [2.75, 3.05) is 4.42 Å². The third-order valence-corrected chi connectivity index (χ3v) is 4.60. The van der Waals surface area contributed by atoms with Gasteiger partial charge in [-0.25, -0.2) is 28.5 Å². The Labute approximate surface area is 142 Å². The molecule has 0 atom stereocenters. The number of hydrogen-bond acceptors (Lipinski definition) is 6. The lowest BCUT2D eigenvalue weighted by atomic mass is 10.3. The molecule has 0 bridgehead atoms. The highest BCUT2D eigenvalue weighted by molar-refractivity contribution is 7.89. The van der Waals surface area contributed by atoms with Crippen LogP contribution in [0.2, 0.25) is 5.02 Å². The maximum Gasteiger partial charge on any atom is 0.295 e. The first-order chi connectivity index (χ1) is 10.6. The number of carbonyl (C=O) groups is 1. The molecule has 0 aliphatic carbocycles. The molecule has 0 saturated carbocycles. The summed E-state index contributed by atoms with van der Waals surface area (Å²) in [5, 5.41) is 5.41. The number of primary sulfonamides is 1. The Morgan fingerprint density at radius 3 is 2.35 bits per heavy atom. The fraction of sp³-hybridized carbons (Fsp3) is 0.167. The van der Waals surface area contributed by atoms with E-state index in [2.05, 4.69) is 15.0 Å². The van der Waals surface area contributed by atoms with Crippen LogP contribution in [0.4, 0.5) is 5.95 Å². The number of carbonyl (C=O) groups excluding carboxylic acids is 1. The largest absolute Gasteiger partial charge is 0.295 e. The van der Waals surface area contributed by atoms with Crippen LogP contribution in [0, 0.1) is 13.8 Å². The van der Waals surface area contributed by atoms with Crippen LogP contribution in [0.15, 0.2) is 23.2 Å². The van der Waals surface area contributed by atoms with Crippen LogP contribution in [0.1, 0.15) is 21.9 Å². The van der Waals surface area contributed by atoms with Gasteiger partial charge in [-0.15, -0.1) is 0 Å². The molecule has 1 amide bonds. The maximum absolute atomic E-state index is 12.4. The van der Waals surface area contributed by atoms with Crippen LogP contribution in [-0.2, 0) is 10.0 Å². The first kappa shape index (κ1) is 17.5. The number of aromatic nitrogens is 3. The number of hydrogen-bond donors (Lipinski definition) is 1. The Balaban J connectivity index is 2.50. The van der Waals surface area contributed by atoms with Gasteiger partial charge >= 0.3 is 0 Å². The number of halogens is 2. The van der Waals surface area contributed by atoms with Crippen LogP contribution in [-0.4, -0.2) is 29.3 Å². The SMILES string of the molecule is Cc1nc(N(Cl)C(=O)c2ncccc2S(N)(=O)=O)nc(C)c1Cl. The van der Waals surface area contributed by atoms with Crippen molar-refractivity contribution < 1.29 is 13.2 Å². The van der Waals surface area contributed by atoms with Crippen LogP contribution in [0.5, 0.6) is 0 Å². The maximum atomic E-state index is 12.4. The molecule has 11 heteroatoms. The number of aryl methyl sites for hydroxylation is 2. The van der Waals surface area contributed by atoms with Gasteiger partial charge in [-0.1, -0.05) is 11.6 Å². The molecule has 0 radical (unpaired) electrons. The summed E-state index contributed by atoms with van der Waals surface area (Å²) in [5.74, 6) is -1.08. The van der Waals surface area contributed by atoms with Gasteiger partial charge in [-0.3, -0.25) is 4.79 Å². The summed E-state index contributed by atoms with van der Waals surface area (Å²) in [5.41, 5.74) is 0.402. The number of sulfonamides is 1. The van der Waals surface area contributed by atoms with Crippen LogP contribution in [0.3, 0.4) is 0 Å². The topological polar surface area (TPSA) is 119 Å². The van der Waals surface area contributed by atoms with E-state index in [9.17, 15) is 13.2 Å². The first-order valence-corrected chi connectivity index (χ1v) is 8.38. The minimum atomic E-state index is -4.15. The van der Waals surface area contributed by atoms with E-state index in [1.54, 1.807) is 13.8 Å². The molecule has 2 aromatic heterocycles. The van der Waals surface area contributed by atoms with Crippen LogP contribution < -0.4 is 9.56 Å². The number of amides is 1. The minimum absolute atomic E-state index is 0.151. The van der Waals surface area contributed by atoms with Gasteiger partial charge in [0.25, 0.3) is 5.91 Å². The highest BCUT2D eigenvalue weighted by Crippen LogP contribution is 2.23. The van der Waals surface area contributed by atoms with Gasteiger partial charge in [-0.05, 0) is 26.0 Å². The lowest BCUT2D eigenvalue weighted by molar-refractivity contribution is 0.0996. The summed E-state index contributed by atoms with van der Waals surface area (Å²) in [7, 11) is -4.15. The minimum Gasteiger partial charge on any atom is -0.265 e. The zero-order valence-corrected chi connectivity index (χ0v) is 14.3. The Morgan fingerprint density at radius 2 is 1.83 bits per heavy atom. The molecule has 0 spiro atoms. The third kappa shape index (κ3) is 3.58. The zero-order chi connectivity index (χ0) is 17.4. The lowest BCUT2D eigenvalue weighted by Gasteiger charge is -2.14. The molecule has 122 valence electrons. The molecule has 23 heavy (non-hydrogen) atoms. The Bertz CT molecular complexity index is 865. The summed E-state index contributed by atoms with van der Waals surface area (Å²) in [6, 6.07) is 2.49. The van der Waals surface area contributed by atoms with Crippen molar-refractivity contribution in [2.45, 2.75) is 18.7 Å². The van der Waals surface area contributed by atoms with E-state index in [0.29, 0.717) is 20.8 Å². The summed E-state index contributed by atoms with van der Waals surface area (Å²) in [6.07, 6.45) is 1.24. The summed E-state index contributed by atoms with van der Waals surface area (Å²) < 4.78 is 23.7. The summed E-state index contributed by atoms with van der Waals surface area (Å²) in [6.45, 7) is 3.23. The lowest BCUT2D eigenvalue weighted by Crippen LogP contribution is -2.27. The fourth-order valence-corrected chi connectivity index (χ4v) is 2.66. The number of anilines is 1. The molecular weight excluding hydrogens is 365 g/mol. The van der Waals surface area contributed by atoms with Crippen LogP contribution in [0.25, 0.3) is 0 Å². The van der Waals surface area contributed by atoms with Gasteiger partial charge in [-0.2, -0.15) is 4.42 Å². The first-order valence-electron chi connectivity index (χ1n) is 6.11. The smallest absolute Gasteiger partial charge is 0.265 e. The van der Waals surface area contributed by atoms with Crippen molar-refractivity contribution in [3.05, 3.63) is 40.4 Å². The van der Waals surface area contributed by atoms with Crippen molar-refractivity contribution >= 4 is 45.3 Å². The zero-order valence-electron chi connectivity index (χ0n) is 12.0. The van der Waals surface area contributed by atoms with Crippen molar-refractivity contribution in [3.63, 3.8) is 0 Å². The number of rotatable bonds is 3. The molecule has 0 aliphatic heterocycles. The molecule has 2 aromatic rings. The van der Waals surface area contributed by atoms with Gasteiger partial charge in [0, 0.05) is 18.0 Å². The molecular formula is C12H11Cl2N5O3S. The van der Waals surface area contributed by atoms with E-state index in [1.165, 1.54) is 12.3 Å². The van der Waals surface area contributed by atoms with E-state index in [-0.39, 0.29) is 5.95 Å². The Hall–Kier alpha value is -1.81. The normalized spacial score (nSPS) is 11.3. The summed E-state index contributed by atoms with van der Waals surface area (Å²) in [4.78, 5) is 23.7. The molecule has 8 nitrogen and oxygen atoms in total. The average Bonchev–Trinajstić information content (AvgIpc) is 2.49. The summed E-state index contributed by atoms with van der Waals surface area (Å²) >= 11 is 11.9. The van der Waals surface area contributed by atoms with E-state index in [4.69, 9.17) is 28.5 Å². The van der Waals surface area contributed by atoms with Gasteiger partial charge in [0.15, 0.2) is 0 Å². The molecule has 0 saturated heterocycles. The second-order valence-electron chi connectivity index (χ2n) is 4.49. The highest BCUT2D eigenvalue weighted by Gasteiger charge is 2.27. The second kappa shape index (κ2) is 6.36. The van der Waals surface area contributed by atoms with Crippen molar-refractivity contribution in [1.29, 1.82) is 0 Å². The van der Waals surface area contributed by atoms with Gasteiger partial charge in [0.1, 0.15) is 10.6 Å². The molecule has 2 N–H and O–H groups in total. The fourth-order valence-electron chi connectivity index (χ4n) is 1.74. The van der Waals surface area contributed by atoms with Gasteiger partial charge < -0.3 is 0 Å². The molecule has 0 unspecified atom stereocenters. The van der Waals surface area contributed by atoms with E-state index in [0.717, 1.165) is 6.07 Å². The van der Waals surface area contributed by atoms with Gasteiger partial charge in [0.2, 0.25) is 16.0 Å². The average molecular weight is 376 g/mol. The molecule has 2 heterocycles. The highest BCUT2D eigenvalue weighted by atomic mass is 35.5. The molecule has 2 rings (SSSR count). The molecule has 0 aromatic carbocycles. The van der Waals surface area contributed by atoms with Gasteiger partial charge in [0.05, 0.1) is 16.4 Å². The van der Waals surface area contributed by atoms with E-state index >= 15 is 0 Å². The number of pyridine rings is 1. The predicted octanol–water partition coefficient (Wildman–Crippen LogP) is 1.59. The van der Waals surface area contributed by atoms with E-state index < -0.39 is 26.5 Å². The Morgan fingerprint density at radius 1 is 1.26 bits per heavy atom. The monoisotopic (exact) mass is 375 g/mol. The van der Waals surface area contributed by atoms with E-state index in [1.807, 2.05) is 0 Å². The number of nitrogens with two attached hydrogens (primary N) is 1. The van der Waals surface area contributed by atoms with Crippen molar-refractivity contribution in [1.82, 2.24) is 15.0 Å². The Kier molecular flexibility index (Phi) is 4.85. The van der Waals surface area contributed by atoms with Crippen molar-refractivity contribution in [3.8, 4) is 0 Å². The van der Waals surface area contributed by atoms with Crippen LogP contribution >= 0.6 is 23.4 Å². The standard InChI is InChI=1S/C12H11Cl2N5O3S/c1-6-9(13)7(2)18-12(17-6)19(14)11(20)10-8(23(15,21)22)4-3-5-16-10/h3-5H,1-2H3,(H2,15,21,22).